The van der Waals surface area contributed by atoms with Crippen LogP contribution < -0.4 is 10.5 Å². The first-order valence-corrected chi connectivity index (χ1v) is 7.50. The third-order valence-corrected chi connectivity index (χ3v) is 4.20. The second-order valence-electron chi connectivity index (χ2n) is 4.13. The predicted octanol–water partition coefficient (Wildman–Crippen LogP) is 1.83. The Hall–Kier alpha value is -2.05. The molecule has 3 N–H and O–H groups in total. The van der Waals surface area contributed by atoms with Crippen LogP contribution in [0.1, 0.15) is 5.56 Å². The van der Waals surface area contributed by atoms with Crippen molar-refractivity contribution in [3.63, 3.8) is 0 Å². The minimum Gasteiger partial charge on any atom is -0.573 e. The van der Waals surface area contributed by atoms with Gasteiger partial charge in [0.25, 0.3) is 0 Å². The molecule has 0 spiro atoms. The van der Waals surface area contributed by atoms with E-state index in [0.717, 1.165) is 0 Å². The van der Waals surface area contributed by atoms with Gasteiger partial charge in [-0.3, -0.25) is 0 Å². The van der Waals surface area contributed by atoms with Crippen LogP contribution in [-0.2, 0) is 16.6 Å². The molecule has 0 aliphatic heterocycles. The van der Waals surface area contributed by atoms with Crippen LogP contribution >= 0.6 is 0 Å². The summed E-state index contributed by atoms with van der Waals surface area (Å²) in [4.78, 5) is 0.192. The summed E-state index contributed by atoms with van der Waals surface area (Å²) in [5.74, 6) is 0.562. The van der Waals surface area contributed by atoms with Crippen LogP contribution in [0.25, 0.3) is 4.72 Å². The Morgan fingerprint density at radius 1 is 1.15 bits per heavy atom. The highest BCUT2D eigenvalue weighted by Gasteiger charge is 2.10. The third kappa shape index (κ3) is 3.09. The molecule has 0 fully saturated rings. The molecule has 0 saturated carbocycles. The normalized spacial score (nSPS) is 11.1. The van der Waals surface area contributed by atoms with Crippen LogP contribution in [0.4, 0.5) is 5.69 Å². The molecule has 2 aromatic carbocycles. The van der Waals surface area contributed by atoms with E-state index in [0.29, 0.717) is 23.5 Å². The summed E-state index contributed by atoms with van der Waals surface area (Å²) in [7, 11) is -2.23. The van der Waals surface area contributed by atoms with Crippen molar-refractivity contribution >= 4 is 15.7 Å². The van der Waals surface area contributed by atoms with E-state index in [1.807, 2.05) is 0 Å². The van der Waals surface area contributed by atoms with Gasteiger partial charge in [-0.15, -0.1) is 5.69 Å². The first kappa shape index (κ1) is 14.4. The first-order valence-electron chi connectivity index (χ1n) is 6.06. The lowest BCUT2D eigenvalue weighted by Gasteiger charge is -2.23. The summed E-state index contributed by atoms with van der Waals surface area (Å²) >= 11 is 0. The Labute approximate surface area is 118 Å². The largest absolute Gasteiger partial charge is 0.573 e. The predicted molar refractivity (Wildman–Crippen MR) is 76.2 cm³/mol. The molecule has 6 heteroatoms. The standard InChI is InChI=1S/C14H15N2O3S/c1-19-13-7-4-6-12(9-13)16-20(17,18)14-8-3-2-5-11(14)10-15/h2-9H,10,15H2,1H3/q-1/p+1. The molecule has 106 valence electrons. The molecule has 0 aliphatic rings. The topological polar surface area (TPSA) is 85.1 Å². The van der Waals surface area contributed by atoms with Gasteiger partial charge in [0.15, 0.2) is 0 Å². The number of benzene rings is 2. The fourth-order valence-electron chi connectivity index (χ4n) is 1.82. The van der Waals surface area contributed by atoms with Crippen molar-refractivity contribution in [1.29, 1.82) is 0 Å². The minimum atomic E-state index is -3.75. The van der Waals surface area contributed by atoms with Crippen LogP contribution in [0.15, 0.2) is 53.4 Å². The number of sulfonamides is 1. The minimum absolute atomic E-state index is 0.192. The molecule has 0 unspecified atom stereocenters. The van der Waals surface area contributed by atoms with Crippen molar-refractivity contribution < 1.29 is 18.9 Å². The van der Waals surface area contributed by atoms with Gasteiger partial charge in [-0.2, -0.15) is 0 Å². The fraction of sp³-hybridized carbons (Fsp3) is 0.143. The lowest BCUT2D eigenvalue weighted by molar-refractivity contribution is -0.387. The van der Waals surface area contributed by atoms with Crippen molar-refractivity contribution in [2.45, 2.75) is 11.4 Å². The lowest BCUT2D eigenvalue weighted by atomic mass is 10.2. The maximum absolute atomic E-state index is 12.3. The second kappa shape index (κ2) is 5.94. The van der Waals surface area contributed by atoms with Gasteiger partial charge in [0, 0.05) is 5.56 Å². The summed E-state index contributed by atoms with van der Waals surface area (Å²) in [5, 5.41) is 0. The summed E-state index contributed by atoms with van der Waals surface area (Å²) in [6.07, 6.45) is 0. The SMILES string of the molecule is COc1cccc([N-]S(=O)(=O)c2ccccc2C[NH3+])c1. The average Bonchev–Trinajstić information content (AvgIpc) is 2.47. The Balaban J connectivity index is 2.35. The van der Waals surface area contributed by atoms with E-state index in [1.165, 1.54) is 7.11 Å². The van der Waals surface area contributed by atoms with Crippen molar-refractivity contribution in [1.82, 2.24) is 0 Å². The molecular formula is C14H16N2O3S. The molecule has 2 rings (SSSR count). The first-order chi connectivity index (χ1) is 9.56. The zero-order chi connectivity index (χ0) is 14.6. The van der Waals surface area contributed by atoms with E-state index in [-0.39, 0.29) is 4.90 Å². The molecule has 0 heterocycles. The van der Waals surface area contributed by atoms with Crippen molar-refractivity contribution in [2.24, 2.45) is 0 Å². The molecule has 5 nitrogen and oxygen atoms in total. The molecule has 0 atom stereocenters. The molecule has 0 bridgehead atoms. The number of nitrogens with zero attached hydrogens (tertiary/aromatic N) is 1. The molecule has 0 aromatic heterocycles. The van der Waals surface area contributed by atoms with Gasteiger partial charge in [0.2, 0.25) is 0 Å². The van der Waals surface area contributed by atoms with E-state index < -0.39 is 10.0 Å². The molecule has 0 radical (unpaired) electrons. The van der Waals surface area contributed by atoms with Crippen LogP contribution in [0.2, 0.25) is 0 Å². The maximum Gasteiger partial charge on any atom is 0.123 e. The Morgan fingerprint density at radius 3 is 2.60 bits per heavy atom. The van der Waals surface area contributed by atoms with Gasteiger partial charge in [0.1, 0.15) is 22.3 Å². The smallest absolute Gasteiger partial charge is 0.123 e. The highest BCUT2D eigenvalue weighted by Crippen LogP contribution is 2.31. The lowest BCUT2D eigenvalue weighted by Crippen LogP contribution is -2.47. The quantitative estimate of drug-likeness (QED) is 0.912. The Morgan fingerprint density at radius 2 is 1.90 bits per heavy atom. The average molecular weight is 292 g/mol. The van der Waals surface area contributed by atoms with Crippen molar-refractivity contribution in [2.75, 3.05) is 7.11 Å². The highest BCUT2D eigenvalue weighted by molar-refractivity contribution is 7.94. The molecule has 0 saturated heterocycles. The molecule has 0 aliphatic carbocycles. The van der Waals surface area contributed by atoms with Gasteiger partial charge < -0.3 is 15.2 Å². The van der Waals surface area contributed by atoms with E-state index in [2.05, 4.69) is 10.5 Å². The number of hydrogen-bond acceptors (Lipinski definition) is 3. The monoisotopic (exact) mass is 292 g/mol. The number of methoxy groups -OCH3 is 1. The summed E-state index contributed by atoms with van der Waals surface area (Å²) in [5.41, 5.74) is 4.73. The number of hydrogen-bond donors (Lipinski definition) is 1. The summed E-state index contributed by atoms with van der Waals surface area (Å²) in [6, 6.07) is 13.4. The van der Waals surface area contributed by atoms with E-state index in [1.54, 1.807) is 48.5 Å². The second-order valence-corrected chi connectivity index (χ2v) is 5.70. The van der Waals surface area contributed by atoms with E-state index in [9.17, 15) is 8.42 Å². The van der Waals surface area contributed by atoms with Crippen LogP contribution in [0.5, 0.6) is 5.75 Å². The number of quaternary nitrogens is 1. The van der Waals surface area contributed by atoms with Crippen LogP contribution in [0.3, 0.4) is 0 Å². The Kier molecular flexibility index (Phi) is 4.26. The number of rotatable bonds is 5. The van der Waals surface area contributed by atoms with Crippen molar-refractivity contribution in [3.05, 3.63) is 58.8 Å². The zero-order valence-corrected chi connectivity index (χ0v) is 11.9. The fourth-order valence-corrected chi connectivity index (χ4v) is 3.06. The van der Waals surface area contributed by atoms with Crippen LogP contribution in [-0.4, -0.2) is 15.5 Å². The molecule has 20 heavy (non-hydrogen) atoms. The third-order valence-electron chi connectivity index (χ3n) is 2.80. The van der Waals surface area contributed by atoms with Gasteiger partial charge in [-0.1, -0.05) is 30.3 Å². The molecule has 2 aromatic rings. The molecule has 0 amide bonds. The van der Waals surface area contributed by atoms with E-state index in [4.69, 9.17) is 4.74 Å². The maximum atomic E-state index is 12.3. The van der Waals surface area contributed by atoms with Crippen molar-refractivity contribution in [3.8, 4) is 5.75 Å². The van der Waals surface area contributed by atoms with Gasteiger partial charge in [-0.25, -0.2) is 8.42 Å². The number of ether oxygens (including phenoxy) is 1. The van der Waals surface area contributed by atoms with Gasteiger partial charge >= 0.3 is 0 Å². The van der Waals surface area contributed by atoms with E-state index >= 15 is 0 Å². The Bertz CT molecular complexity index is 699. The van der Waals surface area contributed by atoms with Crippen LogP contribution in [0, 0.1) is 0 Å². The highest BCUT2D eigenvalue weighted by atomic mass is 32.2. The van der Waals surface area contributed by atoms with Gasteiger partial charge in [0.05, 0.1) is 12.0 Å². The van der Waals surface area contributed by atoms with Gasteiger partial charge in [-0.05, 0) is 18.2 Å². The summed E-state index contributed by atoms with van der Waals surface area (Å²) < 4.78 is 33.6. The zero-order valence-electron chi connectivity index (χ0n) is 11.1. The molecular weight excluding hydrogens is 276 g/mol. The summed E-state index contributed by atoms with van der Waals surface area (Å²) in [6.45, 7) is 0.392.